The van der Waals surface area contributed by atoms with Gasteiger partial charge < -0.3 is 9.84 Å². The standard InChI is InChI=1S/C13H16N2O2/c1-13(2)6-8-11(9(16)7-13)12(15-14-8)10-4-3-5-17-10/h3-5,8,11,14H,6-7H2,1-2H3/t8-,11-/m1/s1. The van der Waals surface area contributed by atoms with Crippen LogP contribution < -0.4 is 5.43 Å². The van der Waals surface area contributed by atoms with Gasteiger partial charge in [-0.15, -0.1) is 0 Å². The van der Waals surface area contributed by atoms with Crippen molar-refractivity contribution in [2.75, 3.05) is 0 Å². The number of hydrogen-bond acceptors (Lipinski definition) is 4. The summed E-state index contributed by atoms with van der Waals surface area (Å²) in [6.45, 7) is 4.27. The Morgan fingerprint density at radius 1 is 1.53 bits per heavy atom. The van der Waals surface area contributed by atoms with Gasteiger partial charge in [0.25, 0.3) is 0 Å². The van der Waals surface area contributed by atoms with Gasteiger partial charge in [-0.05, 0) is 24.0 Å². The Labute approximate surface area is 100 Å². The highest BCUT2D eigenvalue weighted by Crippen LogP contribution is 2.39. The van der Waals surface area contributed by atoms with E-state index >= 15 is 0 Å². The number of hydrazone groups is 1. The molecule has 1 fully saturated rings. The molecule has 4 heteroatoms. The molecular formula is C13H16N2O2. The van der Waals surface area contributed by atoms with Crippen LogP contribution in [0.25, 0.3) is 0 Å². The molecule has 1 aromatic rings. The summed E-state index contributed by atoms with van der Waals surface area (Å²) in [6.07, 6.45) is 3.20. The fourth-order valence-electron chi connectivity index (χ4n) is 2.91. The van der Waals surface area contributed by atoms with Gasteiger partial charge in [0.2, 0.25) is 0 Å². The second-order valence-electron chi connectivity index (χ2n) is 5.70. The van der Waals surface area contributed by atoms with Crippen molar-refractivity contribution in [1.29, 1.82) is 0 Å². The summed E-state index contributed by atoms with van der Waals surface area (Å²) in [5, 5.41) is 4.29. The van der Waals surface area contributed by atoms with Crippen LogP contribution in [0.3, 0.4) is 0 Å². The molecule has 4 nitrogen and oxygen atoms in total. The average Bonchev–Trinajstić information content (AvgIpc) is 2.81. The molecule has 0 aromatic carbocycles. The summed E-state index contributed by atoms with van der Waals surface area (Å²) < 4.78 is 5.34. The Kier molecular flexibility index (Phi) is 2.15. The maximum Gasteiger partial charge on any atom is 0.150 e. The van der Waals surface area contributed by atoms with Gasteiger partial charge in [0.1, 0.15) is 11.5 Å². The van der Waals surface area contributed by atoms with Gasteiger partial charge in [-0.3, -0.25) is 4.79 Å². The van der Waals surface area contributed by atoms with E-state index in [1.807, 2.05) is 12.1 Å². The molecule has 1 aliphatic carbocycles. The van der Waals surface area contributed by atoms with Crippen LogP contribution in [0.5, 0.6) is 0 Å². The molecule has 1 N–H and O–H groups in total. The Balaban J connectivity index is 1.91. The maximum atomic E-state index is 12.2. The van der Waals surface area contributed by atoms with E-state index in [1.165, 1.54) is 0 Å². The van der Waals surface area contributed by atoms with Gasteiger partial charge in [-0.1, -0.05) is 13.8 Å². The molecule has 3 rings (SSSR count). The molecule has 1 aliphatic heterocycles. The number of nitrogens with one attached hydrogen (secondary N) is 1. The molecule has 0 amide bonds. The lowest BCUT2D eigenvalue weighted by atomic mass is 9.68. The number of nitrogens with zero attached hydrogens (tertiary/aromatic N) is 1. The third kappa shape index (κ3) is 1.68. The van der Waals surface area contributed by atoms with E-state index in [0.29, 0.717) is 12.2 Å². The van der Waals surface area contributed by atoms with E-state index in [4.69, 9.17) is 4.42 Å². The van der Waals surface area contributed by atoms with Crippen molar-refractivity contribution in [3.05, 3.63) is 24.2 Å². The highest BCUT2D eigenvalue weighted by Gasteiger charge is 2.46. The number of ketones is 1. The minimum Gasteiger partial charge on any atom is -0.463 e. The zero-order chi connectivity index (χ0) is 12.0. The Bertz CT molecular complexity index is 474. The molecule has 0 bridgehead atoms. The Hall–Kier alpha value is -1.58. The van der Waals surface area contributed by atoms with Crippen molar-refractivity contribution in [3.8, 4) is 0 Å². The number of carbonyl (C=O) groups excluding carboxylic acids is 1. The molecular weight excluding hydrogens is 216 g/mol. The molecule has 2 aliphatic rings. The van der Waals surface area contributed by atoms with E-state index in [1.54, 1.807) is 6.26 Å². The molecule has 2 atom stereocenters. The SMILES string of the molecule is CC1(C)CC(=O)[C@@H]2C(c3ccco3)=NN[C@@H]2C1. The number of furan rings is 1. The monoisotopic (exact) mass is 232 g/mol. The van der Waals surface area contributed by atoms with Crippen LogP contribution in [0, 0.1) is 11.3 Å². The number of Topliss-reactive ketones (excluding diaryl/α,β-unsaturated/α-hetero) is 1. The van der Waals surface area contributed by atoms with Gasteiger partial charge in [0.05, 0.1) is 18.2 Å². The smallest absolute Gasteiger partial charge is 0.150 e. The summed E-state index contributed by atoms with van der Waals surface area (Å²) in [5.41, 5.74) is 3.92. The molecule has 0 spiro atoms. The summed E-state index contributed by atoms with van der Waals surface area (Å²) in [4.78, 5) is 12.2. The van der Waals surface area contributed by atoms with Gasteiger partial charge >= 0.3 is 0 Å². The lowest BCUT2D eigenvalue weighted by Gasteiger charge is -2.35. The molecule has 0 saturated heterocycles. The molecule has 90 valence electrons. The van der Waals surface area contributed by atoms with Crippen molar-refractivity contribution < 1.29 is 9.21 Å². The van der Waals surface area contributed by atoms with Gasteiger partial charge in [0.15, 0.2) is 5.76 Å². The first-order chi connectivity index (χ1) is 8.07. The van der Waals surface area contributed by atoms with Crippen molar-refractivity contribution in [3.63, 3.8) is 0 Å². The molecule has 17 heavy (non-hydrogen) atoms. The van der Waals surface area contributed by atoms with Crippen molar-refractivity contribution in [1.82, 2.24) is 5.43 Å². The highest BCUT2D eigenvalue weighted by atomic mass is 16.3. The minimum atomic E-state index is -0.130. The molecule has 2 heterocycles. The van der Waals surface area contributed by atoms with Crippen molar-refractivity contribution >= 4 is 11.5 Å². The van der Waals surface area contributed by atoms with Crippen LogP contribution >= 0.6 is 0 Å². The molecule has 1 aromatic heterocycles. The fraction of sp³-hybridized carbons (Fsp3) is 0.538. The first-order valence-corrected chi connectivity index (χ1v) is 5.96. The zero-order valence-electron chi connectivity index (χ0n) is 10.1. The van der Waals surface area contributed by atoms with Crippen LogP contribution in [-0.2, 0) is 4.79 Å². The van der Waals surface area contributed by atoms with E-state index < -0.39 is 0 Å². The predicted molar refractivity (Wildman–Crippen MR) is 63.7 cm³/mol. The van der Waals surface area contributed by atoms with Gasteiger partial charge in [-0.2, -0.15) is 5.10 Å². The van der Waals surface area contributed by atoms with E-state index in [9.17, 15) is 4.79 Å². The first kappa shape index (κ1) is 10.6. The lowest BCUT2D eigenvalue weighted by Crippen LogP contribution is -2.45. The normalized spacial score (nSPS) is 30.7. The second kappa shape index (κ2) is 3.45. The molecule has 0 unspecified atom stereocenters. The number of fused-ring (bicyclic) bond motifs is 1. The second-order valence-corrected chi connectivity index (χ2v) is 5.70. The summed E-state index contributed by atoms with van der Waals surface area (Å²) in [6, 6.07) is 3.81. The quantitative estimate of drug-likeness (QED) is 0.805. The van der Waals surface area contributed by atoms with Crippen LogP contribution in [0.1, 0.15) is 32.4 Å². The van der Waals surface area contributed by atoms with Crippen LogP contribution in [-0.4, -0.2) is 17.5 Å². The van der Waals surface area contributed by atoms with E-state index in [-0.39, 0.29) is 23.2 Å². The Morgan fingerprint density at radius 2 is 2.35 bits per heavy atom. The van der Waals surface area contributed by atoms with Gasteiger partial charge in [0, 0.05) is 6.42 Å². The van der Waals surface area contributed by atoms with Crippen LogP contribution in [0.15, 0.2) is 27.9 Å². The van der Waals surface area contributed by atoms with E-state index in [0.717, 1.165) is 12.1 Å². The third-order valence-corrected chi connectivity index (χ3v) is 3.59. The van der Waals surface area contributed by atoms with E-state index in [2.05, 4.69) is 24.4 Å². The highest BCUT2D eigenvalue weighted by molar-refractivity contribution is 6.14. The van der Waals surface area contributed by atoms with Crippen LogP contribution in [0.4, 0.5) is 0 Å². The zero-order valence-corrected chi connectivity index (χ0v) is 10.1. The van der Waals surface area contributed by atoms with Crippen molar-refractivity contribution in [2.24, 2.45) is 16.4 Å². The van der Waals surface area contributed by atoms with Crippen molar-refractivity contribution in [2.45, 2.75) is 32.7 Å². The first-order valence-electron chi connectivity index (χ1n) is 5.96. The lowest BCUT2D eigenvalue weighted by molar-refractivity contribution is -0.126. The summed E-state index contributed by atoms with van der Waals surface area (Å²) in [5.74, 6) is 0.846. The Morgan fingerprint density at radius 3 is 3.06 bits per heavy atom. The number of rotatable bonds is 1. The third-order valence-electron chi connectivity index (χ3n) is 3.59. The van der Waals surface area contributed by atoms with Crippen LogP contribution in [0.2, 0.25) is 0 Å². The number of carbonyl (C=O) groups is 1. The van der Waals surface area contributed by atoms with Gasteiger partial charge in [-0.25, -0.2) is 0 Å². The maximum absolute atomic E-state index is 12.2. The molecule has 0 radical (unpaired) electrons. The molecule has 1 saturated carbocycles. The predicted octanol–water partition coefficient (Wildman–Crippen LogP) is 1.96. The summed E-state index contributed by atoms with van der Waals surface area (Å²) in [7, 11) is 0. The topological polar surface area (TPSA) is 54.6 Å². The average molecular weight is 232 g/mol. The largest absolute Gasteiger partial charge is 0.463 e. The summed E-state index contributed by atoms with van der Waals surface area (Å²) >= 11 is 0. The fourth-order valence-corrected chi connectivity index (χ4v) is 2.91. The number of hydrogen-bond donors (Lipinski definition) is 1. The minimum absolute atomic E-state index is 0.0688.